The smallest absolute Gasteiger partial charge is 0.194 e. The van der Waals surface area contributed by atoms with Gasteiger partial charge in [0.25, 0.3) is 0 Å². The lowest BCUT2D eigenvalue weighted by Gasteiger charge is -2.22. The molecule has 0 saturated heterocycles. The van der Waals surface area contributed by atoms with Crippen molar-refractivity contribution < 1.29 is 4.74 Å². The van der Waals surface area contributed by atoms with Gasteiger partial charge in [-0.15, -0.1) is 11.3 Å². The summed E-state index contributed by atoms with van der Waals surface area (Å²) >= 11 is 1.68. The summed E-state index contributed by atoms with van der Waals surface area (Å²) < 4.78 is 5.43. The van der Waals surface area contributed by atoms with Crippen molar-refractivity contribution in [1.29, 1.82) is 0 Å². The number of hydrogen-bond acceptors (Lipinski definition) is 4. The average molecular weight is 361 g/mol. The van der Waals surface area contributed by atoms with Gasteiger partial charge in [0.15, 0.2) is 5.96 Å². The second kappa shape index (κ2) is 8.34. The molecule has 0 spiro atoms. The van der Waals surface area contributed by atoms with Crippen LogP contribution in [0.4, 0.5) is 0 Å². The summed E-state index contributed by atoms with van der Waals surface area (Å²) in [6.45, 7) is 7.93. The summed E-state index contributed by atoms with van der Waals surface area (Å²) in [5.41, 5.74) is 2.34. The Morgan fingerprint density at radius 2 is 2.04 bits per heavy atom. The highest BCUT2D eigenvalue weighted by Gasteiger charge is 2.17. The van der Waals surface area contributed by atoms with E-state index in [0.29, 0.717) is 6.54 Å². The quantitative estimate of drug-likeness (QED) is 0.653. The van der Waals surface area contributed by atoms with Crippen LogP contribution in [0.5, 0.6) is 5.75 Å². The third-order valence-electron chi connectivity index (χ3n) is 3.89. The fraction of sp³-hybridized carbons (Fsp3) is 0.474. The molecule has 2 rings (SSSR count). The first-order valence-corrected chi connectivity index (χ1v) is 9.21. The van der Waals surface area contributed by atoms with E-state index in [1.807, 2.05) is 25.2 Å². The van der Waals surface area contributed by atoms with Gasteiger partial charge in [0.05, 0.1) is 19.3 Å². The van der Waals surface area contributed by atoms with Gasteiger partial charge in [-0.3, -0.25) is 4.99 Å². The van der Waals surface area contributed by atoms with Crippen molar-refractivity contribution in [1.82, 2.24) is 15.2 Å². The fourth-order valence-electron chi connectivity index (χ4n) is 2.44. The van der Waals surface area contributed by atoms with Gasteiger partial charge in [0.1, 0.15) is 10.8 Å². The number of aromatic nitrogens is 1. The van der Waals surface area contributed by atoms with Gasteiger partial charge in [0, 0.05) is 37.0 Å². The van der Waals surface area contributed by atoms with E-state index in [2.05, 4.69) is 47.4 Å². The van der Waals surface area contributed by atoms with Crippen LogP contribution in [0.25, 0.3) is 0 Å². The van der Waals surface area contributed by atoms with E-state index in [1.165, 1.54) is 0 Å². The van der Waals surface area contributed by atoms with Crippen LogP contribution < -0.4 is 10.1 Å². The molecule has 0 bridgehead atoms. The van der Waals surface area contributed by atoms with Crippen LogP contribution in [0.3, 0.4) is 0 Å². The largest absolute Gasteiger partial charge is 0.496 e. The predicted octanol–water partition coefficient (Wildman–Crippen LogP) is 3.66. The highest BCUT2D eigenvalue weighted by atomic mass is 32.1. The van der Waals surface area contributed by atoms with Crippen molar-refractivity contribution in [2.75, 3.05) is 21.2 Å². The lowest BCUT2D eigenvalue weighted by atomic mass is 9.93. The first kappa shape index (κ1) is 19.2. The van der Waals surface area contributed by atoms with Gasteiger partial charge in [0.2, 0.25) is 0 Å². The van der Waals surface area contributed by atoms with E-state index in [4.69, 9.17) is 9.72 Å². The number of hydrogen-bond donors (Lipinski definition) is 1. The normalized spacial score (nSPS) is 12.2. The Bertz CT molecular complexity index is 718. The molecular weight excluding hydrogens is 332 g/mol. The van der Waals surface area contributed by atoms with E-state index in [-0.39, 0.29) is 5.41 Å². The number of benzene rings is 1. The zero-order valence-electron chi connectivity index (χ0n) is 16.0. The molecule has 25 heavy (non-hydrogen) atoms. The first-order chi connectivity index (χ1) is 11.8. The lowest BCUT2D eigenvalue weighted by Crippen LogP contribution is -2.38. The topological polar surface area (TPSA) is 49.8 Å². The number of nitrogens with one attached hydrogen (secondary N) is 1. The van der Waals surface area contributed by atoms with Gasteiger partial charge >= 0.3 is 0 Å². The molecule has 2 aromatic rings. The number of nitrogens with zero attached hydrogens (tertiary/aromatic N) is 3. The summed E-state index contributed by atoms with van der Waals surface area (Å²) in [7, 11) is 5.51. The molecule has 0 amide bonds. The number of para-hydroxylation sites is 1. The number of methoxy groups -OCH3 is 1. The van der Waals surface area contributed by atoms with Gasteiger partial charge in [-0.25, -0.2) is 4.98 Å². The second-order valence-corrected chi connectivity index (χ2v) is 7.89. The van der Waals surface area contributed by atoms with Crippen molar-refractivity contribution in [2.45, 2.75) is 39.3 Å². The molecule has 6 heteroatoms. The first-order valence-electron chi connectivity index (χ1n) is 8.33. The van der Waals surface area contributed by atoms with Crippen LogP contribution in [0.15, 0.2) is 34.6 Å². The van der Waals surface area contributed by atoms with Crippen LogP contribution in [0.1, 0.15) is 37.0 Å². The van der Waals surface area contributed by atoms with Crippen LogP contribution in [-0.2, 0) is 18.5 Å². The van der Waals surface area contributed by atoms with E-state index in [0.717, 1.165) is 34.5 Å². The molecule has 0 aliphatic heterocycles. The Balaban J connectivity index is 1.99. The highest BCUT2D eigenvalue weighted by Crippen LogP contribution is 2.24. The number of ether oxygens (including phenoxy) is 1. The molecule has 0 atom stereocenters. The Kier molecular flexibility index (Phi) is 6.42. The van der Waals surface area contributed by atoms with Crippen LogP contribution in [-0.4, -0.2) is 37.0 Å². The van der Waals surface area contributed by atoms with Crippen molar-refractivity contribution in [3.63, 3.8) is 0 Å². The monoisotopic (exact) mass is 360 g/mol. The summed E-state index contributed by atoms with van der Waals surface area (Å²) in [5.74, 6) is 1.72. The molecule has 1 N–H and O–H groups in total. The lowest BCUT2D eigenvalue weighted by molar-refractivity contribution is 0.396. The molecule has 1 aromatic carbocycles. The SMILES string of the molecule is CN=C(NCc1nc(C(C)(C)C)cs1)N(C)Cc1ccccc1OC. The standard InChI is InChI=1S/C19H28N4OS/c1-19(2,3)16-13-25-17(22-16)11-21-18(20-4)23(5)12-14-9-7-8-10-15(14)24-6/h7-10,13H,11-12H2,1-6H3,(H,20,21). The second-order valence-electron chi connectivity index (χ2n) is 6.95. The third kappa shape index (κ3) is 5.19. The molecule has 1 aromatic heterocycles. The zero-order valence-corrected chi connectivity index (χ0v) is 16.8. The Hall–Kier alpha value is -2.08. The molecule has 5 nitrogen and oxygen atoms in total. The maximum absolute atomic E-state index is 5.43. The summed E-state index contributed by atoms with van der Waals surface area (Å²) in [4.78, 5) is 11.2. The average Bonchev–Trinajstić information content (AvgIpc) is 3.05. The summed E-state index contributed by atoms with van der Waals surface area (Å²) in [5, 5.41) is 6.59. The third-order valence-corrected chi connectivity index (χ3v) is 4.74. The van der Waals surface area contributed by atoms with Gasteiger partial charge < -0.3 is 15.0 Å². The van der Waals surface area contributed by atoms with Gasteiger partial charge in [-0.05, 0) is 6.07 Å². The minimum absolute atomic E-state index is 0.0804. The molecular formula is C19H28N4OS. The van der Waals surface area contributed by atoms with Crippen molar-refractivity contribution >= 4 is 17.3 Å². The molecule has 0 unspecified atom stereocenters. The predicted molar refractivity (Wildman–Crippen MR) is 105 cm³/mol. The number of aliphatic imine (C=N–C) groups is 1. The van der Waals surface area contributed by atoms with Gasteiger partial charge in [-0.2, -0.15) is 0 Å². The Labute approximate surface area is 154 Å². The van der Waals surface area contributed by atoms with Crippen LogP contribution in [0.2, 0.25) is 0 Å². The minimum Gasteiger partial charge on any atom is -0.496 e. The van der Waals surface area contributed by atoms with Gasteiger partial charge in [-0.1, -0.05) is 39.0 Å². The minimum atomic E-state index is 0.0804. The van der Waals surface area contributed by atoms with E-state index < -0.39 is 0 Å². The van der Waals surface area contributed by atoms with E-state index in [1.54, 1.807) is 25.5 Å². The molecule has 0 saturated carbocycles. The zero-order chi connectivity index (χ0) is 18.4. The highest BCUT2D eigenvalue weighted by molar-refractivity contribution is 7.09. The molecule has 136 valence electrons. The molecule has 1 heterocycles. The van der Waals surface area contributed by atoms with Crippen molar-refractivity contribution in [3.05, 3.63) is 45.9 Å². The fourth-order valence-corrected chi connectivity index (χ4v) is 3.40. The summed E-state index contributed by atoms with van der Waals surface area (Å²) in [6.07, 6.45) is 0. The molecule has 0 aliphatic carbocycles. The number of guanidine groups is 1. The Morgan fingerprint density at radius 1 is 1.32 bits per heavy atom. The van der Waals surface area contributed by atoms with Crippen molar-refractivity contribution in [3.8, 4) is 5.75 Å². The van der Waals surface area contributed by atoms with E-state index >= 15 is 0 Å². The van der Waals surface area contributed by atoms with Crippen LogP contribution >= 0.6 is 11.3 Å². The Morgan fingerprint density at radius 3 is 2.64 bits per heavy atom. The number of rotatable bonds is 5. The van der Waals surface area contributed by atoms with E-state index in [9.17, 15) is 0 Å². The molecule has 0 fully saturated rings. The summed E-state index contributed by atoms with van der Waals surface area (Å²) in [6, 6.07) is 8.04. The maximum atomic E-state index is 5.43. The molecule has 0 radical (unpaired) electrons. The maximum Gasteiger partial charge on any atom is 0.194 e. The molecule has 0 aliphatic rings. The number of thiazole rings is 1. The van der Waals surface area contributed by atoms with Crippen molar-refractivity contribution in [2.24, 2.45) is 4.99 Å². The van der Waals surface area contributed by atoms with Crippen LogP contribution in [0, 0.1) is 0 Å².